The SMILES string of the molecule is CC(C)(CNC(=O)NC1CC(=O)N(C2CC2)C1)c1ccc2c(c1)OCCO2. The number of likely N-dealkylation sites (tertiary alicyclic amines) is 1. The van der Waals surface area contributed by atoms with E-state index < -0.39 is 0 Å². The summed E-state index contributed by atoms with van der Waals surface area (Å²) in [5.41, 5.74) is 0.807. The third kappa shape index (κ3) is 3.96. The van der Waals surface area contributed by atoms with Crippen LogP contribution < -0.4 is 20.1 Å². The van der Waals surface area contributed by atoms with E-state index in [0.717, 1.165) is 29.9 Å². The van der Waals surface area contributed by atoms with E-state index in [1.165, 1.54) is 0 Å². The number of hydrogen-bond acceptors (Lipinski definition) is 4. The highest BCUT2D eigenvalue weighted by atomic mass is 16.6. The highest BCUT2D eigenvalue weighted by Crippen LogP contribution is 2.35. The van der Waals surface area contributed by atoms with Gasteiger partial charge in [0.1, 0.15) is 13.2 Å². The Morgan fingerprint density at radius 2 is 1.96 bits per heavy atom. The van der Waals surface area contributed by atoms with Crippen molar-refractivity contribution in [1.29, 1.82) is 0 Å². The van der Waals surface area contributed by atoms with Crippen molar-refractivity contribution in [1.82, 2.24) is 15.5 Å². The molecule has 1 unspecified atom stereocenters. The van der Waals surface area contributed by atoms with Crippen LogP contribution in [0, 0.1) is 0 Å². The summed E-state index contributed by atoms with van der Waals surface area (Å²) >= 11 is 0. The van der Waals surface area contributed by atoms with Crippen molar-refractivity contribution in [3.05, 3.63) is 23.8 Å². The molecule has 4 rings (SSSR count). The molecule has 1 atom stereocenters. The zero-order valence-electron chi connectivity index (χ0n) is 15.9. The lowest BCUT2D eigenvalue weighted by Crippen LogP contribution is -2.46. The van der Waals surface area contributed by atoms with Crippen LogP contribution in [0.25, 0.3) is 0 Å². The monoisotopic (exact) mass is 373 g/mol. The van der Waals surface area contributed by atoms with Gasteiger partial charge in [0.2, 0.25) is 5.91 Å². The smallest absolute Gasteiger partial charge is 0.315 e. The summed E-state index contributed by atoms with van der Waals surface area (Å²) in [6, 6.07) is 5.99. The average Bonchev–Trinajstić information content (AvgIpc) is 3.43. The number of rotatable bonds is 5. The molecule has 7 nitrogen and oxygen atoms in total. The first-order valence-electron chi connectivity index (χ1n) is 9.66. The second-order valence-corrected chi connectivity index (χ2v) is 8.25. The van der Waals surface area contributed by atoms with Gasteiger partial charge in [0.25, 0.3) is 0 Å². The number of carbonyl (C=O) groups excluding carboxylic acids is 2. The zero-order chi connectivity index (χ0) is 19.0. The molecule has 1 aromatic carbocycles. The Labute approximate surface area is 159 Å². The second kappa shape index (κ2) is 6.94. The molecule has 0 spiro atoms. The number of fused-ring (bicyclic) bond motifs is 1. The van der Waals surface area contributed by atoms with Crippen LogP contribution >= 0.6 is 0 Å². The summed E-state index contributed by atoms with van der Waals surface area (Å²) in [6.07, 6.45) is 2.58. The topological polar surface area (TPSA) is 79.9 Å². The Kier molecular flexibility index (Phi) is 4.61. The van der Waals surface area contributed by atoms with Crippen LogP contribution in [0.3, 0.4) is 0 Å². The lowest BCUT2D eigenvalue weighted by atomic mass is 9.84. The predicted molar refractivity (Wildman–Crippen MR) is 100 cm³/mol. The fraction of sp³-hybridized carbons (Fsp3) is 0.600. The summed E-state index contributed by atoms with van der Waals surface area (Å²) < 4.78 is 11.2. The number of ether oxygens (including phenoxy) is 2. The standard InChI is InChI=1S/C20H27N3O4/c1-20(2,13-3-6-16-17(9-13)27-8-7-26-16)12-21-19(25)22-14-10-18(24)23(11-14)15-4-5-15/h3,6,9,14-15H,4-5,7-8,10-12H2,1-2H3,(H2,21,22,25). The van der Waals surface area contributed by atoms with Gasteiger partial charge in [-0.2, -0.15) is 0 Å². The first kappa shape index (κ1) is 17.9. The molecule has 146 valence electrons. The van der Waals surface area contributed by atoms with Gasteiger partial charge in [-0.15, -0.1) is 0 Å². The number of nitrogens with zero attached hydrogens (tertiary/aromatic N) is 1. The third-order valence-corrected chi connectivity index (χ3v) is 5.50. The van der Waals surface area contributed by atoms with Crippen LogP contribution in [0.1, 0.15) is 38.7 Å². The van der Waals surface area contributed by atoms with Gasteiger partial charge >= 0.3 is 6.03 Å². The van der Waals surface area contributed by atoms with Crippen LogP contribution in [0.5, 0.6) is 11.5 Å². The first-order chi connectivity index (χ1) is 12.9. The molecule has 2 fully saturated rings. The maximum absolute atomic E-state index is 12.3. The Balaban J connectivity index is 1.30. The van der Waals surface area contributed by atoms with E-state index in [0.29, 0.717) is 38.8 Å². The fourth-order valence-electron chi connectivity index (χ4n) is 3.67. The van der Waals surface area contributed by atoms with E-state index in [4.69, 9.17) is 9.47 Å². The second-order valence-electron chi connectivity index (χ2n) is 8.25. The molecular formula is C20H27N3O4. The summed E-state index contributed by atoms with van der Waals surface area (Å²) in [5.74, 6) is 1.66. The van der Waals surface area contributed by atoms with Crippen molar-refractivity contribution in [2.75, 3.05) is 26.3 Å². The van der Waals surface area contributed by atoms with Crippen LogP contribution in [-0.2, 0) is 10.2 Å². The van der Waals surface area contributed by atoms with Crippen molar-refractivity contribution < 1.29 is 19.1 Å². The van der Waals surface area contributed by atoms with E-state index in [1.54, 1.807) is 0 Å². The van der Waals surface area contributed by atoms with Crippen molar-refractivity contribution in [3.8, 4) is 11.5 Å². The Morgan fingerprint density at radius 1 is 1.22 bits per heavy atom. The van der Waals surface area contributed by atoms with Gasteiger partial charge < -0.3 is 25.0 Å². The van der Waals surface area contributed by atoms with Crippen molar-refractivity contribution in [2.45, 2.75) is 50.6 Å². The summed E-state index contributed by atoms with van der Waals surface area (Å²) in [6.45, 7) is 6.38. The molecule has 2 heterocycles. The molecule has 3 aliphatic rings. The van der Waals surface area contributed by atoms with Gasteiger partial charge in [-0.05, 0) is 30.5 Å². The normalized spacial score (nSPS) is 21.9. The van der Waals surface area contributed by atoms with E-state index in [2.05, 4.69) is 24.5 Å². The van der Waals surface area contributed by atoms with Gasteiger partial charge in [-0.25, -0.2) is 4.79 Å². The average molecular weight is 373 g/mol. The van der Waals surface area contributed by atoms with Crippen LogP contribution in [0.2, 0.25) is 0 Å². The predicted octanol–water partition coefficient (Wildman–Crippen LogP) is 1.80. The van der Waals surface area contributed by atoms with Crippen molar-refractivity contribution in [2.24, 2.45) is 0 Å². The van der Waals surface area contributed by atoms with Gasteiger partial charge in [-0.1, -0.05) is 19.9 Å². The molecule has 0 bridgehead atoms. The lowest BCUT2D eigenvalue weighted by molar-refractivity contribution is -0.128. The molecule has 1 aromatic rings. The van der Waals surface area contributed by atoms with E-state index >= 15 is 0 Å². The van der Waals surface area contributed by atoms with E-state index in [1.807, 2.05) is 23.1 Å². The molecule has 1 saturated heterocycles. The van der Waals surface area contributed by atoms with Crippen LogP contribution in [0.4, 0.5) is 4.79 Å². The Morgan fingerprint density at radius 3 is 2.70 bits per heavy atom. The molecule has 2 aliphatic heterocycles. The maximum Gasteiger partial charge on any atom is 0.315 e. The van der Waals surface area contributed by atoms with Gasteiger partial charge in [0.15, 0.2) is 11.5 Å². The molecular weight excluding hydrogens is 346 g/mol. The lowest BCUT2D eigenvalue weighted by Gasteiger charge is -2.28. The van der Waals surface area contributed by atoms with Crippen molar-refractivity contribution in [3.63, 3.8) is 0 Å². The first-order valence-corrected chi connectivity index (χ1v) is 9.66. The molecule has 1 saturated carbocycles. The fourth-order valence-corrected chi connectivity index (χ4v) is 3.67. The van der Waals surface area contributed by atoms with Gasteiger partial charge in [-0.3, -0.25) is 4.79 Å². The highest BCUT2D eigenvalue weighted by Gasteiger charge is 2.39. The number of nitrogens with one attached hydrogen (secondary N) is 2. The molecule has 27 heavy (non-hydrogen) atoms. The number of carbonyl (C=O) groups is 2. The number of benzene rings is 1. The number of urea groups is 1. The molecule has 0 radical (unpaired) electrons. The summed E-state index contributed by atoms with van der Waals surface area (Å²) in [5, 5.41) is 5.89. The molecule has 2 N–H and O–H groups in total. The summed E-state index contributed by atoms with van der Waals surface area (Å²) in [7, 11) is 0. The third-order valence-electron chi connectivity index (χ3n) is 5.50. The van der Waals surface area contributed by atoms with Gasteiger partial charge in [0, 0.05) is 31.0 Å². The maximum atomic E-state index is 12.3. The van der Waals surface area contributed by atoms with E-state index in [9.17, 15) is 9.59 Å². The quantitative estimate of drug-likeness (QED) is 0.825. The molecule has 3 amide bonds. The van der Waals surface area contributed by atoms with Crippen LogP contribution in [0.15, 0.2) is 18.2 Å². The molecule has 7 heteroatoms. The molecule has 1 aliphatic carbocycles. The van der Waals surface area contributed by atoms with Crippen molar-refractivity contribution >= 4 is 11.9 Å². The Hall–Kier alpha value is -2.44. The Bertz CT molecular complexity index is 745. The van der Waals surface area contributed by atoms with E-state index in [-0.39, 0.29) is 23.4 Å². The highest BCUT2D eigenvalue weighted by molar-refractivity contribution is 5.82. The minimum atomic E-state index is -0.265. The minimum absolute atomic E-state index is 0.101. The van der Waals surface area contributed by atoms with Crippen LogP contribution in [-0.4, -0.2) is 55.2 Å². The largest absolute Gasteiger partial charge is 0.486 e. The molecule has 0 aromatic heterocycles. The van der Waals surface area contributed by atoms with Gasteiger partial charge in [0.05, 0.1) is 6.04 Å². The summed E-state index contributed by atoms with van der Waals surface area (Å²) in [4.78, 5) is 26.2. The zero-order valence-corrected chi connectivity index (χ0v) is 15.9. The number of amides is 3. The minimum Gasteiger partial charge on any atom is -0.486 e. The number of hydrogen-bond donors (Lipinski definition) is 2.